The van der Waals surface area contributed by atoms with Crippen LogP contribution in [0.3, 0.4) is 0 Å². The Bertz CT molecular complexity index is 623. The van der Waals surface area contributed by atoms with Crippen LogP contribution in [0.2, 0.25) is 10.0 Å². The molecule has 1 aliphatic carbocycles. The van der Waals surface area contributed by atoms with Crippen molar-refractivity contribution >= 4 is 40.7 Å². The molecule has 7 heteroatoms. The highest BCUT2D eigenvalue weighted by Crippen LogP contribution is 2.25. The summed E-state index contributed by atoms with van der Waals surface area (Å²) in [5, 5.41) is 9.91. The maximum absolute atomic E-state index is 12.2. The van der Waals surface area contributed by atoms with Crippen molar-refractivity contribution in [2.75, 3.05) is 5.32 Å². The van der Waals surface area contributed by atoms with Crippen molar-refractivity contribution in [3.05, 3.63) is 28.2 Å². The number of hydrogen-bond donors (Lipinski definition) is 3. The van der Waals surface area contributed by atoms with Crippen LogP contribution in [0.25, 0.3) is 0 Å². The van der Waals surface area contributed by atoms with Crippen LogP contribution in [0.1, 0.15) is 32.1 Å². The molecular weight excluding hydrogens is 337 g/mol. The summed E-state index contributed by atoms with van der Waals surface area (Å²) in [6.45, 7) is 0. The van der Waals surface area contributed by atoms with Gasteiger partial charge in [-0.15, -0.1) is 0 Å². The van der Waals surface area contributed by atoms with Crippen molar-refractivity contribution in [1.29, 1.82) is 0 Å². The van der Waals surface area contributed by atoms with Crippen LogP contribution in [-0.4, -0.2) is 29.9 Å². The first-order chi connectivity index (χ1) is 11.0. The van der Waals surface area contributed by atoms with Crippen LogP contribution in [0.15, 0.2) is 18.2 Å². The minimum atomic E-state index is -0.489. The molecule has 0 aromatic heterocycles. The van der Waals surface area contributed by atoms with Gasteiger partial charge < -0.3 is 16.0 Å². The third-order valence-electron chi connectivity index (χ3n) is 4.42. The molecule has 5 nitrogen and oxygen atoms in total. The largest absolute Gasteiger partial charge is 0.350 e. The topological polar surface area (TPSA) is 70.2 Å². The van der Waals surface area contributed by atoms with Gasteiger partial charge in [-0.25, -0.2) is 0 Å². The number of carbonyl (C=O) groups is 2. The first kappa shape index (κ1) is 16.6. The zero-order valence-electron chi connectivity index (χ0n) is 12.6. The average Bonchev–Trinajstić information content (AvgIpc) is 2.51. The van der Waals surface area contributed by atoms with Gasteiger partial charge in [-0.3, -0.25) is 9.59 Å². The van der Waals surface area contributed by atoms with E-state index < -0.39 is 6.04 Å². The summed E-state index contributed by atoms with van der Waals surface area (Å²) in [4.78, 5) is 24.3. The fraction of sp³-hybridized carbons (Fsp3) is 0.500. The van der Waals surface area contributed by atoms with E-state index in [2.05, 4.69) is 16.0 Å². The summed E-state index contributed by atoms with van der Waals surface area (Å²) in [6, 6.07) is 4.87. The molecule has 2 aliphatic rings. The Balaban J connectivity index is 1.58. The fourth-order valence-electron chi connectivity index (χ4n) is 3.24. The number of nitrogens with one attached hydrogen (secondary N) is 3. The average molecular weight is 356 g/mol. The van der Waals surface area contributed by atoms with Gasteiger partial charge in [0.2, 0.25) is 11.8 Å². The Labute approximate surface area is 145 Å². The van der Waals surface area contributed by atoms with E-state index in [9.17, 15) is 9.59 Å². The number of piperazine rings is 1. The lowest BCUT2D eigenvalue weighted by atomic mass is 9.87. The molecule has 1 saturated carbocycles. The number of halogens is 2. The minimum absolute atomic E-state index is 0.0926. The molecule has 0 bridgehead atoms. The van der Waals surface area contributed by atoms with Crippen LogP contribution in [0.5, 0.6) is 0 Å². The van der Waals surface area contributed by atoms with Crippen LogP contribution >= 0.6 is 23.2 Å². The van der Waals surface area contributed by atoms with Gasteiger partial charge in [-0.2, -0.15) is 0 Å². The molecule has 1 aromatic rings. The standard InChI is InChI=1S/C16H19Cl2N3O2/c17-10-6-5-9(7-11(10)18)19-15(22)8-14-16(23)21-13-4-2-1-3-12(13)20-14/h5-7,12-14,20H,1-4,8H2,(H,19,22)(H,21,23). The van der Waals surface area contributed by atoms with Gasteiger partial charge >= 0.3 is 0 Å². The monoisotopic (exact) mass is 355 g/mol. The second-order valence-corrected chi connectivity index (χ2v) is 6.92. The van der Waals surface area contributed by atoms with Crippen molar-refractivity contribution < 1.29 is 9.59 Å². The number of rotatable bonds is 3. The maximum atomic E-state index is 12.2. The molecule has 124 valence electrons. The summed E-state index contributed by atoms with van der Waals surface area (Å²) in [5.74, 6) is -0.331. The van der Waals surface area contributed by atoms with Crippen molar-refractivity contribution in [1.82, 2.24) is 10.6 Å². The number of benzene rings is 1. The number of anilines is 1. The lowest BCUT2D eigenvalue weighted by Gasteiger charge is -2.40. The van der Waals surface area contributed by atoms with E-state index in [0.29, 0.717) is 15.7 Å². The zero-order chi connectivity index (χ0) is 16.4. The molecule has 1 aliphatic heterocycles. The Kier molecular flexibility index (Phi) is 5.09. The van der Waals surface area contributed by atoms with Gasteiger partial charge in [0.15, 0.2) is 0 Å². The Morgan fingerprint density at radius 3 is 2.65 bits per heavy atom. The Morgan fingerprint density at radius 1 is 1.17 bits per heavy atom. The maximum Gasteiger partial charge on any atom is 0.237 e. The molecule has 3 N–H and O–H groups in total. The third kappa shape index (κ3) is 3.97. The fourth-order valence-corrected chi connectivity index (χ4v) is 3.54. The molecule has 2 fully saturated rings. The van der Waals surface area contributed by atoms with Gasteiger partial charge in [0.05, 0.1) is 22.5 Å². The number of carbonyl (C=O) groups excluding carboxylic acids is 2. The number of hydrogen-bond acceptors (Lipinski definition) is 3. The summed E-state index contributed by atoms with van der Waals surface area (Å²) in [5.41, 5.74) is 0.566. The minimum Gasteiger partial charge on any atom is -0.350 e. The Hall–Kier alpha value is -1.30. The van der Waals surface area contributed by atoms with E-state index in [1.165, 1.54) is 0 Å². The predicted molar refractivity (Wildman–Crippen MR) is 90.8 cm³/mol. The van der Waals surface area contributed by atoms with Crippen LogP contribution in [0, 0.1) is 0 Å². The summed E-state index contributed by atoms with van der Waals surface area (Å²) in [7, 11) is 0. The summed E-state index contributed by atoms with van der Waals surface area (Å²) < 4.78 is 0. The highest BCUT2D eigenvalue weighted by atomic mass is 35.5. The molecule has 1 aromatic carbocycles. The molecule has 3 unspecified atom stereocenters. The summed E-state index contributed by atoms with van der Waals surface area (Å²) in [6.07, 6.45) is 4.44. The molecule has 0 spiro atoms. The van der Waals surface area contributed by atoms with Crippen molar-refractivity contribution in [3.63, 3.8) is 0 Å². The van der Waals surface area contributed by atoms with Crippen molar-refractivity contribution in [3.8, 4) is 0 Å². The lowest BCUT2D eigenvalue weighted by molar-refractivity contribution is -0.129. The van der Waals surface area contributed by atoms with Gasteiger partial charge in [-0.05, 0) is 31.0 Å². The van der Waals surface area contributed by atoms with Gasteiger partial charge in [0.1, 0.15) is 0 Å². The molecule has 2 amide bonds. The predicted octanol–water partition coefficient (Wildman–Crippen LogP) is 2.72. The molecule has 0 radical (unpaired) electrons. The van der Waals surface area contributed by atoms with Crippen LogP contribution in [0.4, 0.5) is 5.69 Å². The second kappa shape index (κ2) is 7.07. The van der Waals surface area contributed by atoms with Gasteiger partial charge in [-0.1, -0.05) is 36.0 Å². The second-order valence-electron chi connectivity index (χ2n) is 6.11. The molecule has 1 heterocycles. The molecule has 23 heavy (non-hydrogen) atoms. The Morgan fingerprint density at radius 2 is 1.91 bits per heavy atom. The molecule has 3 atom stereocenters. The third-order valence-corrected chi connectivity index (χ3v) is 5.16. The van der Waals surface area contributed by atoms with Crippen LogP contribution < -0.4 is 16.0 Å². The number of fused-ring (bicyclic) bond motifs is 1. The SMILES string of the molecule is O=C(CC1NC2CCCCC2NC1=O)Nc1ccc(Cl)c(Cl)c1. The highest BCUT2D eigenvalue weighted by Gasteiger charge is 2.36. The van der Waals surface area contributed by atoms with Crippen molar-refractivity contribution in [2.45, 2.75) is 50.2 Å². The molecule has 1 saturated heterocycles. The van der Waals surface area contributed by atoms with E-state index in [1.807, 2.05) is 0 Å². The first-order valence-corrected chi connectivity index (χ1v) is 8.60. The van der Waals surface area contributed by atoms with E-state index in [-0.39, 0.29) is 30.3 Å². The normalized spacial score (nSPS) is 27.0. The number of amides is 2. The van der Waals surface area contributed by atoms with Gasteiger partial charge in [0, 0.05) is 17.8 Å². The van der Waals surface area contributed by atoms with Crippen LogP contribution in [-0.2, 0) is 9.59 Å². The summed E-state index contributed by atoms with van der Waals surface area (Å²) >= 11 is 11.8. The smallest absolute Gasteiger partial charge is 0.237 e. The quantitative estimate of drug-likeness (QED) is 0.780. The molecule has 3 rings (SSSR count). The van der Waals surface area contributed by atoms with E-state index >= 15 is 0 Å². The lowest BCUT2D eigenvalue weighted by Crippen LogP contribution is -2.65. The van der Waals surface area contributed by atoms with Crippen molar-refractivity contribution in [2.24, 2.45) is 0 Å². The van der Waals surface area contributed by atoms with E-state index in [4.69, 9.17) is 23.2 Å². The first-order valence-electron chi connectivity index (χ1n) is 7.84. The molecular formula is C16H19Cl2N3O2. The van der Waals surface area contributed by atoms with Gasteiger partial charge in [0.25, 0.3) is 0 Å². The highest BCUT2D eigenvalue weighted by molar-refractivity contribution is 6.42. The zero-order valence-corrected chi connectivity index (χ0v) is 14.1. The van der Waals surface area contributed by atoms with E-state index in [1.54, 1.807) is 18.2 Å². The van der Waals surface area contributed by atoms with E-state index in [0.717, 1.165) is 25.7 Å².